The Morgan fingerprint density at radius 2 is 1.90 bits per heavy atom. The van der Waals surface area contributed by atoms with E-state index in [0.29, 0.717) is 24.7 Å². The monoisotopic (exact) mass is 275 g/mol. The molecule has 1 aromatic carbocycles. The van der Waals surface area contributed by atoms with Crippen LogP contribution in [0.15, 0.2) is 28.8 Å². The van der Waals surface area contributed by atoms with Crippen LogP contribution in [0, 0.1) is 0 Å². The van der Waals surface area contributed by atoms with Crippen molar-refractivity contribution < 1.29 is 9.26 Å². The van der Waals surface area contributed by atoms with Crippen molar-refractivity contribution >= 4 is 0 Å². The van der Waals surface area contributed by atoms with Crippen LogP contribution >= 0.6 is 0 Å². The largest absolute Gasteiger partial charge is 0.497 e. The maximum Gasteiger partial charge on any atom is 0.240 e. The minimum atomic E-state index is 0.0324. The number of aromatic nitrogens is 2. The SMILES string of the molecule is COc1ccc(Cc2noc(CNC(C)(C)C)n2)cc1. The van der Waals surface area contributed by atoms with Gasteiger partial charge < -0.3 is 14.6 Å². The van der Waals surface area contributed by atoms with Gasteiger partial charge in [-0.05, 0) is 38.5 Å². The smallest absolute Gasteiger partial charge is 0.240 e. The van der Waals surface area contributed by atoms with Gasteiger partial charge in [-0.2, -0.15) is 4.98 Å². The van der Waals surface area contributed by atoms with Crippen molar-refractivity contribution in [1.29, 1.82) is 0 Å². The molecule has 1 heterocycles. The molecule has 0 atom stereocenters. The van der Waals surface area contributed by atoms with E-state index in [1.165, 1.54) is 0 Å². The number of nitrogens with zero attached hydrogens (tertiary/aromatic N) is 2. The number of nitrogens with one attached hydrogen (secondary N) is 1. The van der Waals surface area contributed by atoms with E-state index < -0.39 is 0 Å². The number of hydrogen-bond acceptors (Lipinski definition) is 5. The topological polar surface area (TPSA) is 60.2 Å². The second kappa shape index (κ2) is 6.05. The molecule has 108 valence electrons. The number of hydrogen-bond donors (Lipinski definition) is 1. The van der Waals surface area contributed by atoms with Crippen LogP contribution in [0.2, 0.25) is 0 Å². The lowest BCUT2D eigenvalue weighted by Gasteiger charge is -2.18. The standard InChI is InChI=1S/C15H21N3O2/c1-15(2,3)16-10-14-17-13(18-20-14)9-11-5-7-12(19-4)8-6-11/h5-8,16H,9-10H2,1-4H3. The summed E-state index contributed by atoms with van der Waals surface area (Å²) in [5.74, 6) is 2.15. The molecule has 0 amide bonds. The third kappa shape index (κ3) is 4.35. The van der Waals surface area contributed by atoms with Gasteiger partial charge in [0.1, 0.15) is 5.75 Å². The van der Waals surface area contributed by atoms with Crippen LogP contribution in [0.1, 0.15) is 38.0 Å². The van der Waals surface area contributed by atoms with Gasteiger partial charge in [0.05, 0.1) is 13.7 Å². The Labute approximate surface area is 119 Å². The van der Waals surface area contributed by atoms with Gasteiger partial charge in [0.25, 0.3) is 0 Å². The fourth-order valence-electron chi connectivity index (χ4n) is 1.70. The van der Waals surface area contributed by atoms with Gasteiger partial charge >= 0.3 is 0 Å². The maximum absolute atomic E-state index is 5.23. The number of rotatable bonds is 5. The number of benzene rings is 1. The third-order valence-electron chi connectivity index (χ3n) is 2.80. The number of methoxy groups -OCH3 is 1. The highest BCUT2D eigenvalue weighted by molar-refractivity contribution is 5.28. The molecule has 2 rings (SSSR count). The van der Waals surface area contributed by atoms with Gasteiger partial charge in [-0.3, -0.25) is 0 Å². The summed E-state index contributed by atoms with van der Waals surface area (Å²) in [7, 11) is 1.66. The lowest BCUT2D eigenvalue weighted by atomic mass is 10.1. The summed E-state index contributed by atoms with van der Waals surface area (Å²) in [5.41, 5.74) is 1.16. The summed E-state index contributed by atoms with van der Waals surface area (Å²) in [6.07, 6.45) is 0.656. The minimum absolute atomic E-state index is 0.0324. The van der Waals surface area contributed by atoms with Crippen molar-refractivity contribution in [3.05, 3.63) is 41.5 Å². The summed E-state index contributed by atoms with van der Waals surface area (Å²) in [6.45, 7) is 6.88. The first-order valence-corrected chi connectivity index (χ1v) is 6.66. The minimum Gasteiger partial charge on any atom is -0.497 e. The highest BCUT2D eigenvalue weighted by atomic mass is 16.5. The summed E-state index contributed by atoms with van der Waals surface area (Å²) in [4.78, 5) is 4.38. The van der Waals surface area contributed by atoms with Crippen molar-refractivity contribution in [2.24, 2.45) is 0 Å². The average molecular weight is 275 g/mol. The number of ether oxygens (including phenoxy) is 1. The first-order chi connectivity index (χ1) is 9.46. The molecule has 20 heavy (non-hydrogen) atoms. The van der Waals surface area contributed by atoms with Crippen molar-refractivity contribution in [1.82, 2.24) is 15.5 Å². The van der Waals surface area contributed by atoms with Gasteiger partial charge in [0.2, 0.25) is 5.89 Å². The molecule has 0 aliphatic carbocycles. The molecular weight excluding hydrogens is 254 g/mol. The molecule has 0 spiro atoms. The molecule has 0 unspecified atom stereocenters. The van der Waals surface area contributed by atoms with Gasteiger partial charge in [-0.25, -0.2) is 0 Å². The first kappa shape index (κ1) is 14.5. The van der Waals surface area contributed by atoms with Crippen LogP contribution < -0.4 is 10.1 Å². The summed E-state index contributed by atoms with van der Waals surface area (Å²) >= 11 is 0. The van der Waals surface area contributed by atoms with Gasteiger partial charge in [0, 0.05) is 12.0 Å². The summed E-state index contributed by atoms with van der Waals surface area (Å²) in [6, 6.07) is 7.86. The van der Waals surface area contributed by atoms with Crippen LogP contribution in [0.25, 0.3) is 0 Å². The molecular formula is C15H21N3O2. The zero-order valence-corrected chi connectivity index (χ0v) is 12.4. The quantitative estimate of drug-likeness (QED) is 0.908. The van der Waals surface area contributed by atoms with Crippen LogP contribution in [0.4, 0.5) is 0 Å². The Balaban J connectivity index is 1.94. The van der Waals surface area contributed by atoms with Crippen molar-refractivity contribution in [2.45, 2.75) is 39.3 Å². The zero-order chi connectivity index (χ0) is 14.6. The molecule has 0 bridgehead atoms. The fraction of sp³-hybridized carbons (Fsp3) is 0.467. The Morgan fingerprint density at radius 3 is 2.50 bits per heavy atom. The van der Waals surface area contributed by atoms with E-state index in [-0.39, 0.29) is 5.54 Å². The molecule has 0 aliphatic heterocycles. The van der Waals surface area contributed by atoms with E-state index >= 15 is 0 Å². The Bertz CT molecular complexity index is 541. The second-order valence-corrected chi connectivity index (χ2v) is 5.73. The second-order valence-electron chi connectivity index (χ2n) is 5.73. The molecule has 5 nitrogen and oxygen atoms in total. The van der Waals surface area contributed by atoms with E-state index in [4.69, 9.17) is 9.26 Å². The lowest BCUT2D eigenvalue weighted by Crippen LogP contribution is -2.35. The van der Waals surface area contributed by atoms with E-state index in [9.17, 15) is 0 Å². The van der Waals surface area contributed by atoms with Crippen LogP contribution in [-0.4, -0.2) is 22.8 Å². The van der Waals surface area contributed by atoms with Crippen LogP contribution in [-0.2, 0) is 13.0 Å². The first-order valence-electron chi connectivity index (χ1n) is 6.66. The molecule has 2 aromatic rings. The molecule has 1 aromatic heterocycles. The van der Waals surface area contributed by atoms with Gasteiger partial charge in [0.15, 0.2) is 5.82 Å². The van der Waals surface area contributed by atoms with Gasteiger partial charge in [-0.1, -0.05) is 17.3 Å². The fourth-order valence-corrected chi connectivity index (χ4v) is 1.70. The Morgan fingerprint density at radius 1 is 1.20 bits per heavy atom. The average Bonchev–Trinajstić information content (AvgIpc) is 2.84. The predicted molar refractivity (Wildman–Crippen MR) is 76.7 cm³/mol. The van der Waals surface area contributed by atoms with Crippen molar-refractivity contribution in [2.75, 3.05) is 7.11 Å². The van der Waals surface area contributed by atoms with Crippen LogP contribution in [0.3, 0.4) is 0 Å². The Kier molecular flexibility index (Phi) is 4.39. The normalized spacial score (nSPS) is 11.6. The van der Waals surface area contributed by atoms with E-state index in [0.717, 1.165) is 11.3 Å². The predicted octanol–water partition coefficient (Wildman–Crippen LogP) is 2.56. The van der Waals surface area contributed by atoms with E-state index in [1.807, 2.05) is 24.3 Å². The molecule has 5 heteroatoms. The van der Waals surface area contributed by atoms with Crippen molar-refractivity contribution in [3.63, 3.8) is 0 Å². The Hall–Kier alpha value is -1.88. The highest BCUT2D eigenvalue weighted by Crippen LogP contribution is 2.13. The van der Waals surface area contributed by atoms with Crippen molar-refractivity contribution in [3.8, 4) is 5.75 Å². The molecule has 0 saturated carbocycles. The maximum atomic E-state index is 5.23. The summed E-state index contributed by atoms with van der Waals surface area (Å²) < 4.78 is 10.4. The molecule has 1 N–H and O–H groups in total. The molecule has 0 aliphatic rings. The van der Waals surface area contributed by atoms with E-state index in [1.54, 1.807) is 7.11 Å². The molecule has 0 saturated heterocycles. The van der Waals surface area contributed by atoms with Gasteiger partial charge in [-0.15, -0.1) is 0 Å². The third-order valence-corrected chi connectivity index (χ3v) is 2.80. The molecule has 0 fully saturated rings. The molecule has 0 radical (unpaired) electrons. The van der Waals surface area contributed by atoms with Crippen LogP contribution in [0.5, 0.6) is 5.75 Å². The van der Waals surface area contributed by atoms with E-state index in [2.05, 4.69) is 36.2 Å². The summed E-state index contributed by atoms with van der Waals surface area (Å²) in [5, 5.41) is 7.32. The zero-order valence-electron chi connectivity index (χ0n) is 12.4. The highest BCUT2D eigenvalue weighted by Gasteiger charge is 2.12. The lowest BCUT2D eigenvalue weighted by molar-refractivity contribution is 0.334.